The highest BCUT2D eigenvalue weighted by molar-refractivity contribution is 6.31. The first-order valence-electron chi connectivity index (χ1n) is 8.79. The highest BCUT2D eigenvalue weighted by Gasteiger charge is 2.23. The molecule has 0 radical (unpaired) electrons. The van der Waals surface area contributed by atoms with Crippen LogP contribution in [0.2, 0.25) is 5.02 Å². The van der Waals surface area contributed by atoms with E-state index < -0.39 is 0 Å². The fourth-order valence-electron chi connectivity index (χ4n) is 3.19. The first-order chi connectivity index (χ1) is 11.7. The van der Waals surface area contributed by atoms with Gasteiger partial charge in [0, 0.05) is 11.6 Å². The standard InChI is InChI=1S/C20H25ClN2O.CH4/c1-3-22(4-2)13-7-8-14-23-17-9-5-6-10-19(17)24-20-12-11-16(21)15-18(20)23;/h5-6,9-12,15H,3-4,7-8,13-14H2,1-2H3;1H4. The van der Waals surface area contributed by atoms with E-state index in [2.05, 4.69) is 35.8 Å². The van der Waals surface area contributed by atoms with Crippen molar-refractivity contribution < 1.29 is 4.74 Å². The van der Waals surface area contributed by atoms with E-state index in [1.165, 1.54) is 6.42 Å². The molecule has 3 nitrogen and oxygen atoms in total. The quantitative estimate of drug-likeness (QED) is 0.535. The smallest absolute Gasteiger partial charge is 0.151 e. The van der Waals surface area contributed by atoms with Crippen LogP contribution in [0.25, 0.3) is 0 Å². The molecule has 0 unspecified atom stereocenters. The lowest BCUT2D eigenvalue weighted by Crippen LogP contribution is -2.26. The summed E-state index contributed by atoms with van der Waals surface area (Å²) >= 11 is 6.22. The zero-order valence-electron chi connectivity index (χ0n) is 14.5. The number of rotatable bonds is 7. The van der Waals surface area contributed by atoms with E-state index >= 15 is 0 Å². The van der Waals surface area contributed by atoms with Gasteiger partial charge < -0.3 is 14.5 Å². The normalized spacial score (nSPS) is 12.2. The largest absolute Gasteiger partial charge is 0.453 e. The summed E-state index contributed by atoms with van der Waals surface area (Å²) in [7, 11) is 0. The van der Waals surface area contributed by atoms with Crippen LogP contribution in [0.3, 0.4) is 0 Å². The van der Waals surface area contributed by atoms with E-state index in [1.54, 1.807) is 0 Å². The van der Waals surface area contributed by atoms with Crippen LogP contribution in [0.5, 0.6) is 11.5 Å². The molecule has 4 heteroatoms. The van der Waals surface area contributed by atoms with Crippen LogP contribution in [0, 0.1) is 0 Å². The molecule has 0 atom stereocenters. The van der Waals surface area contributed by atoms with Gasteiger partial charge in [-0.3, -0.25) is 0 Å². The number of anilines is 2. The summed E-state index contributed by atoms with van der Waals surface area (Å²) < 4.78 is 6.03. The number of para-hydroxylation sites is 2. The highest BCUT2D eigenvalue weighted by Crippen LogP contribution is 2.47. The number of ether oxygens (including phenoxy) is 1. The third kappa shape index (κ3) is 4.47. The minimum Gasteiger partial charge on any atom is -0.453 e. The Bertz CT molecular complexity index is 685. The highest BCUT2D eigenvalue weighted by atomic mass is 35.5. The number of hydrogen-bond donors (Lipinski definition) is 0. The van der Waals surface area contributed by atoms with E-state index in [4.69, 9.17) is 16.3 Å². The molecule has 0 spiro atoms. The van der Waals surface area contributed by atoms with Crippen LogP contribution >= 0.6 is 11.6 Å². The summed E-state index contributed by atoms with van der Waals surface area (Å²) in [5.74, 6) is 1.79. The summed E-state index contributed by atoms with van der Waals surface area (Å²) in [6.45, 7) is 8.81. The second-order valence-corrected chi connectivity index (χ2v) is 6.50. The lowest BCUT2D eigenvalue weighted by molar-refractivity contribution is 0.297. The predicted octanol–water partition coefficient (Wildman–Crippen LogP) is 6.34. The van der Waals surface area contributed by atoms with Crippen LogP contribution in [0.1, 0.15) is 34.1 Å². The molecule has 0 saturated heterocycles. The van der Waals surface area contributed by atoms with Gasteiger partial charge in [-0.15, -0.1) is 0 Å². The van der Waals surface area contributed by atoms with Gasteiger partial charge in [-0.1, -0.05) is 45.0 Å². The minimum absolute atomic E-state index is 0. The average Bonchev–Trinajstić information content (AvgIpc) is 2.61. The molecule has 1 aliphatic heterocycles. The van der Waals surface area contributed by atoms with Crippen molar-refractivity contribution in [2.75, 3.05) is 31.1 Å². The maximum Gasteiger partial charge on any atom is 0.151 e. The molecule has 0 aliphatic carbocycles. The van der Waals surface area contributed by atoms with Gasteiger partial charge in [0.1, 0.15) is 0 Å². The number of unbranched alkanes of at least 4 members (excludes halogenated alkanes) is 1. The van der Waals surface area contributed by atoms with Gasteiger partial charge in [-0.25, -0.2) is 0 Å². The Hall–Kier alpha value is -1.71. The van der Waals surface area contributed by atoms with E-state index in [0.29, 0.717) is 0 Å². The summed E-state index contributed by atoms with van der Waals surface area (Å²) in [6.07, 6.45) is 2.33. The van der Waals surface area contributed by atoms with Crippen LogP contribution in [0.15, 0.2) is 42.5 Å². The summed E-state index contributed by atoms with van der Waals surface area (Å²) in [5.41, 5.74) is 2.18. The molecule has 25 heavy (non-hydrogen) atoms. The molecule has 2 aromatic rings. The van der Waals surface area contributed by atoms with Crippen molar-refractivity contribution in [1.29, 1.82) is 0 Å². The molecule has 0 amide bonds. The number of benzene rings is 2. The number of halogens is 1. The van der Waals surface area contributed by atoms with E-state index in [0.717, 1.165) is 60.5 Å². The van der Waals surface area contributed by atoms with Gasteiger partial charge >= 0.3 is 0 Å². The van der Waals surface area contributed by atoms with Gasteiger partial charge in [0.25, 0.3) is 0 Å². The van der Waals surface area contributed by atoms with E-state index in [-0.39, 0.29) is 7.43 Å². The molecule has 0 aromatic heterocycles. The Labute approximate surface area is 157 Å². The molecular formula is C21H29ClN2O. The molecule has 0 fully saturated rings. The zero-order valence-corrected chi connectivity index (χ0v) is 15.2. The van der Waals surface area contributed by atoms with Gasteiger partial charge in [0.2, 0.25) is 0 Å². The van der Waals surface area contributed by atoms with E-state index in [9.17, 15) is 0 Å². The fourth-order valence-corrected chi connectivity index (χ4v) is 3.35. The number of nitrogens with zero attached hydrogens (tertiary/aromatic N) is 2. The van der Waals surface area contributed by atoms with Crippen molar-refractivity contribution in [2.24, 2.45) is 0 Å². The number of fused-ring (bicyclic) bond motifs is 2. The Morgan fingerprint density at radius 3 is 2.44 bits per heavy atom. The Balaban J connectivity index is 0.00000225. The molecule has 0 saturated carbocycles. The van der Waals surface area contributed by atoms with Crippen molar-refractivity contribution in [2.45, 2.75) is 34.1 Å². The van der Waals surface area contributed by atoms with Crippen molar-refractivity contribution in [1.82, 2.24) is 4.90 Å². The third-order valence-electron chi connectivity index (χ3n) is 4.59. The lowest BCUT2D eigenvalue weighted by atomic mass is 10.1. The topological polar surface area (TPSA) is 15.7 Å². The van der Waals surface area contributed by atoms with Crippen LogP contribution < -0.4 is 9.64 Å². The summed E-state index contributed by atoms with van der Waals surface area (Å²) in [6, 6.07) is 14.0. The van der Waals surface area contributed by atoms with Gasteiger partial charge in [0.15, 0.2) is 11.5 Å². The Kier molecular flexibility index (Phi) is 7.15. The zero-order chi connectivity index (χ0) is 16.9. The van der Waals surface area contributed by atoms with Gasteiger partial charge in [0.05, 0.1) is 11.4 Å². The SMILES string of the molecule is C.CCN(CC)CCCCN1c2ccccc2Oc2ccc(Cl)cc21. The summed E-state index contributed by atoms with van der Waals surface area (Å²) in [4.78, 5) is 4.81. The first-order valence-corrected chi connectivity index (χ1v) is 9.17. The van der Waals surface area contributed by atoms with Crippen molar-refractivity contribution in [3.05, 3.63) is 47.5 Å². The van der Waals surface area contributed by atoms with Crippen LogP contribution in [0.4, 0.5) is 11.4 Å². The maximum absolute atomic E-state index is 6.22. The van der Waals surface area contributed by atoms with Crippen molar-refractivity contribution in [3.63, 3.8) is 0 Å². The van der Waals surface area contributed by atoms with E-state index in [1.807, 2.05) is 30.3 Å². The molecule has 136 valence electrons. The molecule has 0 N–H and O–H groups in total. The molecule has 2 aromatic carbocycles. The average molecular weight is 361 g/mol. The van der Waals surface area contributed by atoms with Gasteiger partial charge in [-0.2, -0.15) is 0 Å². The van der Waals surface area contributed by atoms with Gasteiger partial charge in [-0.05, 0) is 62.8 Å². The van der Waals surface area contributed by atoms with Crippen molar-refractivity contribution >= 4 is 23.0 Å². The second-order valence-electron chi connectivity index (χ2n) is 6.07. The van der Waals surface area contributed by atoms with Crippen molar-refractivity contribution in [3.8, 4) is 11.5 Å². The lowest BCUT2D eigenvalue weighted by Gasteiger charge is -2.33. The van der Waals surface area contributed by atoms with Crippen LogP contribution in [-0.4, -0.2) is 31.1 Å². The molecule has 1 heterocycles. The summed E-state index contributed by atoms with van der Waals surface area (Å²) in [5, 5.41) is 0.741. The molecule has 1 aliphatic rings. The predicted molar refractivity (Wildman–Crippen MR) is 109 cm³/mol. The Morgan fingerprint density at radius 2 is 1.68 bits per heavy atom. The Morgan fingerprint density at radius 1 is 0.960 bits per heavy atom. The fraction of sp³-hybridized carbons (Fsp3) is 0.429. The van der Waals surface area contributed by atoms with Crippen LogP contribution in [-0.2, 0) is 0 Å². The first kappa shape index (κ1) is 19.6. The molecular weight excluding hydrogens is 332 g/mol. The molecule has 0 bridgehead atoms. The number of hydrogen-bond acceptors (Lipinski definition) is 3. The second kappa shape index (κ2) is 9.12. The molecule has 3 rings (SSSR count). The minimum atomic E-state index is 0. The third-order valence-corrected chi connectivity index (χ3v) is 4.82. The maximum atomic E-state index is 6.22. The monoisotopic (exact) mass is 360 g/mol.